The Balaban J connectivity index is 1.50. The number of benzene rings is 1. The quantitative estimate of drug-likeness (QED) is 0.388. The zero-order valence-corrected chi connectivity index (χ0v) is 24.1. The van der Waals surface area contributed by atoms with Gasteiger partial charge in [0, 0.05) is 56.3 Å². The second-order valence-electron chi connectivity index (χ2n) is 11.6. The molecule has 0 unspecified atom stereocenters. The summed E-state index contributed by atoms with van der Waals surface area (Å²) in [4.78, 5) is 28.1. The zero-order chi connectivity index (χ0) is 27.9. The van der Waals surface area contributed by atoms with Gasteiger partial charge in [0.15, 0.2) is 5.17 Å². The van der Waals surface area contributed by atoms with Crippen molar-refractivity contribution in [2.75, 3.05) is 50.9 Å². The number of carbonyl (C=O) groups is 1. The summed E-state index contributed by atoms with van der Waals surface area (Å²) >= 11 is 1.59. The van der Waals surface area contributed by atoms with Crippen LogP contribution in [0.3, 0.4) is 0 Å². The second-order valence-corrected chi connectivity index (χ2v) is 12.4. The van der Waals surface area contributed by atoms with Gasteiger partial charge in [-0.3, -0.25) is 4.99 Å². The van der Waals surface area contributed by atoms with E-state index < -0.39 is 5.60 Å². The first-order chi connectivity index (χ1) is 18.6. The molecule has 2 aromatic rings. The molecule has 0 aliphatic carbocycles. The van der Waals surface area contributed by atoms with Crippen LogP contribution in [0.5, 0.6) is 0 Å². The predicted molar refractivity (Wildman–Crippen MR) is 152 cm³/mol. The smallest absolute Gasteiger partial charge is 0.410 e. The number of nitriles is 1. The highest BCUT2D eigenvalue weighted by molar-refractivity contribution is 8.13. The van der Waals surface area contributed by atoms with Crippen LogP contribution in [0, 0.1) is 22.6 Å². The van der Waals surface area contributed by atoms with Crippen LogP contribution in [-0.2, 0) is 17.7 Å². The van der Waals surface area contributed by atoms with Crippen LogP contribution in [0.15, 0.2) is 29.3 Å². The summed E-state index contributed by atoms with van der Waals surface area (Å²) in [6.07, 6.45) is 3.24. The largest absolute Gasteiger partial charge is 0.444 e. The Kier molecular flexibility index (Phi) is 7.23. The number of halogens is 1. The number of thioether (sulfide) groups is 1. The Morgan fingerprint density at radius 1 is 1.21 bits per heavy atom. The molecule has 206 valence electrons. The lowest BCUT2D eigenvalue weighted by molar-refractivity contribution is -0.0266. The minimum Gasteiger partial charge on any atom is -0.444 e. The minimum atomic E-state index is -0.536. The Labute approximate surface area is 233 Å². The molecule has 39 heavy (non-hydrogen) atoms. The number of carbonyl (C=O) groups excluding carboxylic acids is 1. The summed E-state index contributed by atoms with van der Waals surface area (Å²) in [5.74, 6) is 0.253. The Morgan fingerprint density at radius 3 is 2.59 bits per heavy atom. The average Bonchev–Trinajstić information content (AvgIpc) is 3.33. The number of nitrogens with zero attached hydrogens (tertiary/aromatic N) is 6. The molecule has 0 radical (unpaired) electrons. The molecular formula is C29H35FN6O2S. The van der Waals surface area contributed by atoms with Crippen molar-refractivity contribution in [3.63, 3.8) is 0 Å². The van der Waals surface area contributed by atoms with E-state index in [-0.39, 0.29) is 17.3 Å². The molecule has 10 heteroatoms. The number of hydrogen-bond donors (Lipinski definition) is 0. The van der Waals surface area contributed by atoms with Crippen molar-refractivity contribution in [1.29, 1.82) is 5.26 Å². The van der Waals surface area contributed by atoms with Gasteiger partial charge in [0.2, 0.25) is 0 Å². The first-order valence-corrected chi connectivity index (χ1v) is 14.5. The maximum absolute atomic E-state index is 15.2. The Bertz CT molecular complexity index is 1360. The van der Waals surface area contributed by atoms with Crippen molar-refractivity contribution in [2.45, 2.75) is 45.8 Å². The summed E-state index contributed by atoms with van der Waals surface area (Å²) in [5, 5.41) is 11.3. The number of fused-ring (bicyclic) bond motifs is 1. The van der Waals surface area contributed by atoms with E-state index in [1.54, 1.807) is 41.9 Å². The first-order valence-electron chi connectivity index (χ1n) is 13.3. The van der Waals surface area contributed by atoms with Gasteiger partial charge in [-0.25, -0.2) is 14.2 Å². The number of anilines is 1. The summed E-state index contributed by atoms with van der Waals surface area (Å²) in [6.45, 7) is 9.50. The van der Waals surface area contributed by atoms with E-state index in [2.05, 4.69) is 20.9 Å². The molecule has 0 bridgehead atoms. The van der Waals surface area contributed by atoms with Gasteiger partial charge in [0.25, 0.3) is 0 Å². The van der Waals surface area contributed by atoms with Crippen molar-refractivity contribution in [2.24, 2.45) is 10.4 Å². The fourth-order valence-corrected chi connectivity index (χ4v) is 6.58. The van der Waals surface area contributed by atoms with Gasteiger partial charge in [-0.2, -0.15) is 5.26 Å². The van der Waals surface area contributed by atoms with Gasteiger partial charge in [0.05, 0.1) is 12.2 Å². The number of amides is 1. The van der Waals surface area contributed by atoms with Gasteiger partial charge in [0.1, 0.15) is 28.9 Å². The molecule has 8 nitrogen and oxygen atoms in total. The van der Waals surface area contributed by atoms with Crippen LogP contribution < -0.4 is 4.90 Å². The molecule has 0 saturated carbocycles. The second kappa shape index (κ2) is 10.3. The minimum absolute atomic E-state index is 0.0632. The molecule has 1 spiro atoms. The normalized spacial score (nSPS) is 18.6. The lowest BCUT2D eigenvalue weighted by Crippen LogP contribution is -2.60. The highest BCUT2D eigenvalue weighted by atomic mass is 32.2. The number of ether oxygens (including phenoxy) is 1. The van der Waals surface area contributed by atoms with E-state index in [4.69, 9.17) is 9.72 Å². The topological polar surface area (TPSA) is 85.1 Å². The number of pyridine rings is 1. The fourth-order valence-electron chi connectivity index (χ4n) is 5.98. The zero-order valence-electron chi connectivity index (χ0n) is 23.3. The molecule has 3 aliphatic heterocycles. The monoisotopic (exact) mass is 550 g/mol. The maximum atomic E-state index is 15.2. The number of rotatable bonds is 2. The van der Waals surface area contributed by atoms with Crippen LogP contribution in [0.1, 0.15) is 44.0 Å². The molecule has 1 amide bonds. The van der Waals surface area contributed by atoms with Crippen LogP contribution in [0.25, 0.3) is 11.1 Å². The third-order valence-electron chi connectivity index (χ3n) is 7.68. The van der Waals surface area contributed by atoms with Gasteiger partial charge >= 0.3 is 6.09 Å². The van der Waals surface area contributed by atoms with Crippen molar-refractivity contribution in [3.8, 4) is 17.2 Å². The average molecular weight is 551 g/mol. The van der Waals surface area contributed by atoms with Crippen LogP contribution >= 0.6 is 11.8 Å². The number of amidine groups is 1. The number of aromatic nitrogens is 1. The highest BCUT2D eigenvalue weighted by Crippen LogP contribution is 2.44. The van der Waals surface area contributed by atoms with E-state index in [9.17, 15) is 10.1 Å². The summed E-state index contributed by atoms with van der Waals surface area (Å²) in [5.41, 5.74) is 2.69. The molecule has 4 heterocycles. The van der Waals surface area contributed by atoms with Crippen molar-refractivity contribution in [3.05, 3.63) is 46.9 Å². The van der Waals surface area contributed by atoms with Gasteiger partial charge < -0.3 is 19.4 Å². The lowest BCUT2D eigenvalue weighted by atomic mass is 9.79. The van der Waals surface area contributed by atoms with Crippen molar-refractivity contribution >= 4 is 28.8 Å². The standard InChI is InChI=1S/C29H35FN6O2S/c1-28(2,3)38-27(37)36-17-29(18-36)11-13-35(16-29)25-21(14-31)24(19-8-6-7-9-22(19)30)20-10-12-34(15-23(20)33-25)26(32-4)39-5/h6-9H,10-13,15-18H2,1-5H3/b32-26+. The van der Waals surface area contributed by atoms with E-state index in [1.807, 2.05) is 27.0 Å². The van der Waals surface area contributed by atoms with Gasteiger partial charge in [-0.1, -0.05) is 30.0 Å². The van der Waals surface area contributed by atoms with E-state index >= 15 is 4.39 Å². The summed E-state index contributed by atoms with van der Waals surface area (Å²) in [6, 6.07) is 9.06. The van der Waals surface area contributed by atoms with Crippen molar-refractivity contribution < 1.29 is 13.9 Å². The highest BCUT2D eigenvalue weighted by Gasteiger charge is 2.51. The van der Waals surface area contributed by atoms with Gasteiger partial charge in [-0.05, 0) is 51.5 Å². The maximum Gasteiger partial charge on any atom is 0.410 e. The molecule has 2 fully saturated rings. The Hall–Kier alpha value is -3.32. The predicted octanol–water partition coefficient (Wildman–Crippen LogP) is 4.91. The summed E-state index contributed by atoms with van der Waals surface area (Å²) < 4.78 is 20.7. The number of likely N-dealkylation sites (tertiary alicyclic amines) is 1. The van der Waals surface area contributed by atoms with E-state index in [1.165, 1.54) is 6.07 Å². The first kappa shape index (κ1) is 27.3. The van der Waals surface area contributed by atoms with Crippen LogP contribution in [0.2, 0.25) is 0 Å². The molecule has 2 saturated heterocycles. The fraction of sp³-hybridized carbons (Fsp3) is 0.517. The Morgan fingerprint density at radius 2 is 1.95 bits per heavy atom. The van der Waals surface area contributed by atoms with Crippen LogP contribution in [-0.4, -0.2) is 77.7 Å². The summed E-state index contributed by atoms with van der Waals surface area (Å²) in [7, 11) is 1.78. The molecule has 5 rings (SSSR count). The molecule has 1 aromatic carbocycles. The molecule has 0 N–H and O–H groups in total. The third kappa shape index (κ3) is 5.17. The van der Waals surface area contributed by atoms with E-state index in [0.717, 1.165) is 35.9 Å². The van der Waals surface area contributed by atoms with Crippen LogP contribution in [0.4, 0.5) is 15.0 Å². The molecular weight excluding hydrogens is 515 g/mol. The lowest BCUT2D eigenvalue weighted by Gasteiger charge is -2.47. The molecule has 3 aliphatic rings. The van der Waals surface area contributed by atoms with Crippen molar-refractivity contribution in [1.82, 2.24) is 14.8 Å². The van der Waals surface area contributed by atoms with E-state index in [0.29, 0.717) is 55.1 Å². The van der Waals surface area contributed by atoms with Gasteiger partial charge in [-0.15, -0.1) is 0 Å². The molecule has 0 atom stereocenters. The third-order valence-corrected chi connectivity index (χ3v) is 8.48. The number of hydrogen-bond acceptors (Lipinski definition) is 7. The SMILES string of the molecule is C/N=C(/SC)N1CCc2c(nc(N3CCC4(CN(C(=O)OC(C)(C)C)C4)C3)c(C#N)c2-c2ccccc2F)C1. The molecule has 1 aromatic heterocycles. The number of aliphatic imine (C=N–C) groups is 1.